The maximum absolute atomic E-state index is 13.6. The zero-order valence-corrected chi connectivity index (χ0v) is 11.9. The van der Waals surface area contributed by atoms with Crippen LogP contribution in [-0.2, 0) is 4.79 Å². The largest absolute Gasteiger partial charge is 0.366 e. The Balaban J connectivity index is 2.06. The van der Waals surface area contributed by atoms with Crippen LogP contribution >= 0.6 is 11.8 Å². The number of hydrogen-bond donors (Lipinski definition) is 3. The quantitative estimate of drug-likeness (QED) is 0.777. The number of halogens is 2. The fraction of sp³-hybridized carbons (Fsp3) is 0.385. The summed E-state index contributed by atoms with van der Waals surface area (Å²) in [6.07, 6.45) is 0.176. The van der Waals surface area contributed by atoms with Gasteiger partial charge in [0, 0.05) is 36.6 Å². The molecule has 2 amide bonds. The van der Waals surface area contributed by atoms with Crippen molar-refractivity contribution in [3.8, 4) is 0 Å². The average Bonchev–Trinajstić information content (AvgIpc) is 2.42. The van der Waals surface area contributed by atoms with E-state index in [1.807, 2.05) is 0 Å². The fourth-order valence-corrected chi connectivity index (χ4v) is 2.96. The molecular weight excluding hydrogens is 300 g/mol. The van der Waals surface area contributed by atoms with E-state index >= 15 is 0 Å². The molecule has 0 bridgehead atoms. The summed E-state index contributed by atoms with van der Waals surface area (Å²) in [5, 5.41) is 5.52. The van der Waals surface area contributed by atoms with Crippen molar-refractivity contribution in [1.82, 2.24) is 5.32 Å². The first-order valence-electron chi connectivity index (χ1n) is 6.37. The number of nitrogens with two attached hydrogens (primary N) is 1. The van der Waals surface area contributed by atoms with Crippen molar-refractivity contribution in [1.29, 1.82) is 0 Å². The molecule has 21 heavy (non-hydrogen) atoms. The molecule has 1 aromatic carbocycles. The van der Waals surface area contributed by atoms with Crippen LogP contribution in [0.3, 0.4) is 0 Å². The number of carbonyl (C=O) groups excluding carboxylic acids is 2. The van der Waals surface area contributed by atoms with Crippen LogP contribution < -0.4 is 16.4 Å². The van der Waals surface area contributed by atoms with Crippen LogP contribution in [0.15, 0.2) is 12.1 Å². The van der Waals surface area contributed by atoms with E-state index in [1.54, 1.807) is 11.8 Å². The van der Waals surface area contributed by atoms with Gasteiger partial charge in [-0.05, 0) is 6.07 Å². The van der Waals surface area contributed by atoms with Gasteiger partial charge in [0.1, 0.15) is 11.6 Å². The molecule has 1 heterocycles. The van der Waals surface area contributed by atoms with Crippen LogP contribution in [0.5, 0.6) is 0 Å². The number of benzene rings is 1. The number of rotatable bonds is 4. The Hall–Kier alpha value is -1.67. The number of thioether (sulfide) groups is 1. The summed E-state index contributed by atoms with van der Waals surface area (Å²) in [7, 11) is 0. The van der Waals surface area contributed by atoms with Gasteiger partial charge in [-0.3, -0.25) is 9.59 Å². The van der Waals surface area contributed by atoms with Crippen molar-refractivity contribution in [3.63, 3.8) is 0 Å². The molecule has 1 saturated heterocycles. The minimum Gasteiger partial charge on any atom is -0.366 e. The molecule has 1 fully saturated rings. The van der Waals surface area contributed by atoms with Crippen LogP contribution in [0.2, 0.25) is 0 Å². The number of primary amides is 1. The van der Waals surface area contributed by atoms with E-state index in [-0.39, 0.29) is 18.2 Å². The monoisotopic (exact) mass is 315 g/mol. The van der Waals surface area contributed by atoms with Crippen molar-refractivity contribution in [3.05, 3.63) is 29.3 Å². The summed E-state index contributed by atoms with van der Waals surface area (Å²) in [5.41, 5.74) is 4.28. The second-order valence-corrected chi connectivity index (χ2v) is 5.80. The Bertz CT molecular complexity index is 563. The molecule has 0 aromatic heterocycles. The topological polar surface area (TPSA) is 84.2 Å². The molecular formula is C13H15F2N3O2S. The van der Waals surface area contributed by atoms with E-state index in [1.165, 1.54) is 0 Å². The van der Waals surface area contributed by atoms with Gasteiger partial charge in [0.25, 0.3) is 5.91 Å². The van der Waals surface area contributed by atoms with E-state index in [2.05, 4.69) is 10.6 Å². The number of anilines is 1. The molecule has 1 aliphatic rings. The molecule has 114 valence electrons. The number of nitrogens with one attached hydrogen (secondary N) is 2. The highest BCUT2D eigenvalue weighted by Gasteiger charge is 2.19. The number of hydrogen-bond acceptors (Lipinski definition) is 4. The van der Waals surface area contributed by atoms with Crippen LogP contribution in [0.1, 0.15) is 16.8 Å². The number of carbonyl (C=O) groups is 2. The zero-order chi connectivity index (χ0) is 15.4. The Morgan fingerprint density at radius 2 is 2.14 bits per heavy atom. The highest BCUT2D eigenvalue weighted by molar-refractivity contribution is 7.99. The summed E-state index contributed by atoms with van der Waals surface area (Å²) in [6, 6.07) is 1.46. The Kier molecular flexibility index (Phi) is 5.13. The summed E-state index contributed by atoms with van der Waals surface area (Å²) in [5.74, 6) is -1.64. The smallest absolute Gasteiger partial charge is 0.251 e. The van der Waals surface area contributed by atoms with Crippen molar-refractivity contribution >= 4 is 29.3 Å². The summed E-state index contributed by atoms with van der Waals surface area (Å²) >= 11 is 1.74. The first-order chi connectivity index (χ1) is 9.97. The third kappa shape index (κ3) is 4.15. The van der Waals surface area contributed by atoms with Crippen molar-refractivity contribution in [2.24, 2.45) is 5.73 Å². The lowest BCUT2D eigenvalue weighted by Crippen LogP contribution is -2.40. The second kappa shape index (κ2) is 6.86. The molecule has 1 aliphatic heterocycles. The van der Waals surface area contributed by atoms with Crippen molar-refractivity contribution in [2.45, 2.75) is 12.5 Å². The van der Waals surface area contributed by atoms with Gasteiger partial charge in [0.2, 0.25) is 5.91 Å². The minimum absolute atomic E-state index is 0.0165. The van der Waals surface area contributed by atoms with Gasteiger partial charge >= 0.3 is 0 Å². The van der Waals surface area contributed by atoms with Gasteiger partial charge in [-0.2, -0.15) is 11.8 Å². The SMILES string of the molecule is NC(=O)c1cc(NC(=O)CC2CSCCN2)c(F)cc1F. The fourth-order valence-electron chi connectivity index (χ4n) is 2.01. The standard InChI is InChI=1S/C13H15F2N3O2S/c14-9-5-10(15)11(4-8(9)13(16)20)18-12(19)3-7-6-21-2-1-17-7/h4-5,7,17H,1-3,6H2,(H2,16,20)(H,18,19). The lowest BCUT2D eigenvalue weighted by Gasteiger charge is -2.22. The van der Waals surface area contributed by atoms with Crippen LogP contribution in [-0.4, -0.2) is 35.9 Å². The summed E-state index contributed by atoms with van der Waals surface area (Å²) in [6.45, 7) is 0.819. The van der Waals surface area contributed by atoms with Gasteiger partial charge < -0.3 is 16.4 Å². The molecule has 1 atom stereocenters. The van der Waals surface area contributed by atoms with Gasteiger partial charge in [0.15, 0.2) is 0 Å². The molecule has 1 unspecified atom stereocenters. The molecule has 0 saturated carbocycles. The Morgan fingerprint density at radius 1 is 1.38 bits per heavy atom. The molecule has 0 spiro atoms. The molecule has 1 aromatic rings. The first-order valence-corrected chi connectivity index (χ1v) is 7.52. The van der Waals surface area contributed by atoms with Gasteiger partial charge in [0.05, 0.1) is 11.3 Å². The third-order valence-electron chi connectivity index (χ3n) is 3.03. The molecule has 4 N–H and O–H groups in total. The highest BCUT2D eigenvalue weighted by Crippen LogP contribution is 2.20. The predicted molar refractivity (Wildman–Crippen MR) is 77.2 cm³/mol. The first kappa shape index (κ1) is 15.7. The van der Waals surface area contributed by atoms with Crippen LogP contribution in [0.4, 0.5) is 14.5 Å². The molecule has 0 radical (unpaired) electrons. The van der Waals surface area contributed by atoms with Crippen LogP contribution in [0.25, 0.3) is 0 Å². The predicted octanol–water partition coefficient (Wildman–Crippen LogP) is 1.10. The van der Waals surface area contributed by atoms with Crippen molar-refractivity contribution in [2.75, 3.05) is 23.4 Å². The normalized spacial score (nSPS) is 18.3. The van der Waals surface area contributed by atoms with E-state index in [0.717, 1.165) is 24.1 Å². The van der Waals surface area contributed by atoms with E-state index in [9.17, 15) is 18.4 Å². The molecule has 0 aliphatic carbocycles. The van der Waals surface area contributed by atoms with Gasteiger partial charge in [-0.15, -0.1) is 0 Å². The number of amides is 2. The van der Waals surface area contributed by atoms with Gasteiger partial charge in [-0.25, -0.2) is 8.78 Å². The maximum Gasteiger partial charge on any atom is 0.251 e. The summed E-state index contributed by atoms with van der Waals surface area (Å²) in [4.78, 5) is 22.9. The third-order valence-corrected chi connectivity index (χ3v) is 4.16. The van der Waals surface area contributed by atoms with E-state index in [4.69, 9.17) is 5.73 Å². The Morgan fingerprint density at radius 3 is 2.76 bits per heavy atom. The van der Waals surface area contributed by atoms with Crippen LogP contribution in [0, 0.1) is 11.6 Å². The molecule has 5 nitrogen and oxygen atoms in total. The zero-order valence-electron chi connectivity index (χ0n) is 11.1. The molecule has 2 rings (SSSR count). The lowest BCUT2D eigenvalue weighted by molar-refractivity contribution is -0.116. The van der Waals surface area contributed by atoms with Gasteiger partial charge in [-0.1, -0.05) is 0 Å². The van der Waals surface area contributed by atoms with Crippen molar-refractivity contribution < 1.29 is 18.4 Å². The lowest BCUT2D eigenvalue weighted by atomic mass is 10.1. The maximum atomic E-state index is 13.6. The Labute approximate surface area is 124 Å². The molecule has 8 heteroatoms. The average molecular weight is 315 g/mol. The summed E-state index contributed by atoms with van der Waals surface area (Å²) < 4.78 is 26.9. The van der Waals surface area contributed by atoms with E-state index < -0.39 is 29.0 Å². The highest BCUT2D eigenvalue weighted by atomic mass is 32.2. The van der Waals surface area contributed by atoms with E-state index in [0.29, 0.717) is 6.07 Å². The minimum atomic E-state index is -1.05. The second-order valence-electron chi connectivity index (χ2n) is 4.65.